The first-order valence-corrected chi connectivity index (χ1v) is 8.51. The van der Waals surface area contributed by atoms with Crippen LogP contribution in [0.2, 0.25) is 0 Å². The largest absolute Gasteiger partial charge is 0.370 e. The summed E-state index contributed by atoms with van der Waals surface area (Å²) >= 11 is 0. The summed E-state index contributed by atoms with van der Waals surface area (Å²) in [5.41, 5.74) is 0. The summed E-state index contributed by atoms with van der Waals surface area (Å²) in [7, 11) is 0. The second-order valence-corrected chi connectivity index (χ2v) is 6.05. The van der Waals surface area contributed by atoms with Gasteiger partial charge in [-0.2, -0.15) is 0 Å². The van der Waals surface area contributed by atoms with Crippen molar-refractivity contribution in [2.24, 2.45) is 5.92 Å². The van der Waals surface area contributed by atoms with Crippen LogP contribution in [-0.2, 0) is 6.42 Å². The van der Waals surface area contributed by atoms with Crippen molar-refractivity contribution in [2.45, 2.75) is 66.2 Å². The molecule has 1 aromatic rings. The van der Waals surface area contributed by atoms with E-state index in [1.165, 1.54) is 19.3 Å². The van der Waals surface area contributed by atoms with Crippen LogP contribution in [0, 0.1) is 5.92 Å². The fraction of sp³-hybridized carbons (Fsp3) is 0.765. The lowest BCUT2D eigenvalue weighted by molar-refractivity contribution is 0.544. The van der Waals surface area contributed by atoms with Crippen LogP contribution in [0.5, 0.6) is 0 Å². The molecule has 0 aromatic carbocycles. The van der Waals surface area contributed by atoms with Gasteiger partial charge in [-0.05, 0) is 25.2 Å². The van der Waals surface area contributed by atoms with E-state index >= 15 is 0 Å². The van der Waals surface area contributed by atoms with Crippen LogP contribution >= 0.6 is 0 Å². The highest BCUT2D eigenvalue weighted by Gasteiger charge is 2.04. The molecule has 0 saturated carbocycles. The molecule has 0 unspecified atom stereocenters. The molecule has 0 aliphatic carbocycles. The lowest BCUT2D eigenvalue weighted by atomic mass is 10.1. The van der Waals surface area contributed by atoms with E-state index in [0.717, 1.165) is 55.7 Å². The summed E-state index contributed by atoms with van der Waals surface area (Å²) in [5.74, 6) is 3.63. The summed E-state index contributed by atoms with van der Waals surface area (Å²) in [6, 6.07) is 2.03. The molecule has 1 aromatic heterocycles. The monoisotopic (exact) mass is 292 g/mol. The molecule has 0 radical (unpaired) electrons. The van der Waals surface area contributed by atoms with Crippen molar-refractivity contribution in [3.05, 3.63) is 11.9 Å². The van der Waals surface area contributed by atoms with E-state index in [9.17, 15) is 0 Å². The van der Waals surface area contributed by atoms with Crippen molar-refractivity contribution < 1.29 is 0 Å². The number of aryl methyl sites for hydroxylation is 1. The number of nitrogens with zero attached hydrogens (tertiary/aromatic N) is 2. The fourth-order valence-electron chi connectivity index (χ4n) is 2.16. The van der Waals surface area contributed by atoms with Gasteiger partial charge in [-0.1, -0.05) is 40.5 Å². The Labute approximate surface area is 130 Å². The number of unbranched alkanes of at least 4 members (excludes halogenated alkanes) is 1. The van der Waals surface area contributed by atoms with Gasteiger partial charge in [-0.3, -0.25) is 0 Å². The molecule has 120 valence electrons. The number of aromatic nitrogens is 2. The van der Waals surface area contributed by atoms with Gasteiger partial charge >= 0.3 is 0 Å². The Morgan fingerprint density at radius 2 is 1.62 bits per heavy atom. The SMILES string of the molecule is CCCNc1cc(NCCCCC(C)C)nc(CCC)n1. The molecular weight excluding hydrogens is 260 g/mol. The Hall–Kier alpha value is -1.32. The van der Waals surface area contributed by atoms with Crippen LogP contribution in [0.3, 0.4) is 0 Å². The minimum absolute atomic E-state index is 0.796. The second kappa shape index (κ2) is 10.4. The Bertz CT molecular complexity index is 390. The van der Waals surface area contributed by atoms with Gasteiger partial charge in [-0.15, -0.1) is 0 Å². The fourth-order valence-corrected chi connectivity index (χ4v) is 2.16. The molecule has 0 bridgehead atoms. The van der Waals surface area contributed by atoms with Gasteiger partial charge in [0.15, 0.2) is 0 Å². The topological polar surface area (TPSA) is 49.8 Å². The molecule has 2 N–H and O–H groups in total. The van der Waals surface area contributed by atoms with Crippen molar-refractivity contribution in [1.82, 2.24) is 9.97 Å². The molecule has 0 atom stereocenters. The summed E-state index contributed by atoms with van der Waals surface area (Å²) in [6.07, 6.45) is 6.89. The predicted molar refractivity (Wildman–Crippen MR) is 92.0 cm³/mol. The van der Waals surface area contributed by atoms with Gasteiger partial charge in [-0.25, -0.2) is 9.97 Å². The number of nitrogens with one attached hydrogen (secondary N) is 2. The van der Waals surface area contributed by atoms with E-state index in [-0.39, 0.29) is 0 Å². The number of hydrogen-bond donors (Lipinski definition) is 2. The van der Waals surface area contributed by atoms with Gasteiger partial charge in [0.2, 0.25) is 0 Å². The van der Waals surface area contributed by atoms with Gasteiger partial charge in [0.05, 0.1) is 0 Å². The standard InChI is InChI=1S/C17H32N4/c1-5-9-15-20-16(18-11-6-2)13-17(21-15)19-12-8-7-10-14(3)4/h13-14H,5-12H2,1-4H3,(H2,18,19,20,21). The van der Waals surface area contributed by atoms with Crippen LogP contribution in [0.1, 0.15) is 65.6 Å². The number of hydrogen-bond acceptors (Lipinski definition) is 4. The average Bonchev–Trinajstić information content (AvgIpc) is 2.44. The van der Waals surface area contributed by atoms with Gasteiger partial charge in [0.1, 0.15) is 17.5 Å². The first-order chi connectivity index (χ1) is 10.2. The molecule has 4 heteroatoms. The number of anilines is 2. The molecular formula is C17H32N4. The van der Waals surface area contributed by atoms with Crippen molar-refractivity contribution in [3.8, 4) is 0 Å². The van der Waals surface area contributed by atoms with E-state index < -0.39 is 0 Å². The Morgan fingerprint density at radius 1 is 0.952 bits per heavy atom. The van der Waals surface area contributed by atoms with E-state index in [1.807, 2.05) is 6.07 Å². The van der Waals surface area contributed by atoms with Crippen molar-refractivity contribution in [1.29, 1.82) is 0 Å². The zero-order valence-corrected chi connectivity index (χ0v) is 14.2. The zero-order chi connectivity index (χ0) is 15.5. The Kier molecular flexibility index (Phi) is 8.79. The highest BCUT2D eigenvalue weighted by atomic mass is 15.1. The molecule has 0 spiro atoms. The minimum Gasteiger partial charge on any atom is -0.370 e. The van der Waals surface area contributed by atoms with E-state index in [0.29, 0.717) is 0 Å². The van der Waals surface area contributed by atoms with Crippen molar-refractivity contribution in [3.63, 3.8) is 0 Å². The van der Waals surface area contributed by atoms with E-state index in [4.69, 9.17) is 0 Å². The molecule has 21 heavy (non-hydrogen) atoms. The van der Waals surface area contributed by atoms with Gasteiger partial charge in [0, 0.05) is 25.6 Å². The maximum absolute atomic E-state index is 4.60. The minimum atomic E-state index is 0.796. The average molecular weight is 292 g/mol. The third-order valence-electron chi connectivity index (χ3n) is 3.32. The quantitative estimate of drug-likeness (QED) is 0.590. The molecule has 0 amide bonds. The third kappa shape index (κ3) is 7.88. The maximum atomic E-state index is 4.60. The predicted octanol–water partition coefficient (Wildman–Crippen LogP) is 4.49. The molecule has 0 aliphatic heterocycles. The Morgan fingerprint density at radius 3 is 2.19 bits per heavy atom. The summed E-state index contributed by atoms with van der Waals surface area (Å²) in [6.45, 7) is 10.8. The normalized spacial score (nSPS) is 10.9. The first kappa shape index (κ1) is 17.7. The molecule has 1 rings (SSSR count). The van der Waals surface area contributed by atoms with Crippen LogP contribution < -0.4 is 10.6 Å². The summed E-state index contributed by atoms with van der Waals surface area (Å²) in [5, 5.41) is 6.80. The molecule has 4 nitrogen and oxygen atoms in total. The lowest BCUT2D eigenvalue weighted by Crippen LogP contribution is -2.10. The summed E-state index contributed by atoms with van der Waals surface area (Å²) in [4.78, 5) is 9.17. The molecule has 0 saturated heterocycles. The highest BCUT2D eigenvalue weighted by Crippen LogP contribution is 2.13. The molecule has 0 fully saturated rings. The van der Waals surface area contributed by atoms with Crippen LogP contribution in [0.4, 0.5) is 11.6 Å². The second-order valence-electron chi connectivity index (χ2n) is 6.05. The van der Waals surface area contributed by atoms with E-state index in [1.54, 1.807) is 0 Å². The van der Waals surface area contributed by atoms with Crippen LogP contribution in [-0.4, -0.2) is 23.1 Å². The maximum Gasteiger partial charge on any atom is 0.133 e. The Balaban J connectivity index is 2.52. The summed E-state index contributed by atoms with van der Waals surface area (Å²) < 4.78 is 0. The van der Waals surface area contributed by atoms with Crippen molar-refractivity contribution in [2.75, 3.05) is 23.7 Å². The van der Waals surface area contributed by atoms with Crippen molar-refractivity contribution >= 4 is 11.6 Å². The zero-order valence-electron chi connectivity index (χ0n) is 14.2. The van der Waals surface area contributed by atoms with Crippen LogP contribution in [0.25, 0.3) is 0 Å². The smallest absolute Gasteiger partial charge is 0.133 e. The first-order valence-electron chi connectivity index (χ1n) is 8.51. The highest BCUT2D eigenvalue weighted by molar-refractivity contribution is 5.47. The van der Waals surface area contributed by atoms with Crippen LogP contribution in [0.15, 0.2) is 6.07 Å². The molecule has 0 aliphatic rings. The van der Waals surface area contributed by atoms with Gasteiger partial charge < -0.3 is 10.6 Å². The molecule has 1 heterocycles. The number of rotatable bonds is 11. The third-order valence-corrected chi connectivity index (χ3v) is 3.32. The van der Waals surface area contributed by atoms with Gasteiger partial charge in [0.25, 0.3) is 0 Å². The van der Waals surface area contributed by atoms with E-state index in [2.05, 4.69) is 48.3 Å². The lowest BCUT2D eigenvalue weighted by Gasteiger charge is -2.11.